The topological polar surface area (TPSA) is 65.4 Å². The Morgan fingerprint density at radius 3 is 2.52 bits per heavy atom. The number of aryl methyl sites for hydroxylation is 1. The zero-order valence-electron chi connectivity index (χ0n) is 17.3. The Hall–Kier alpha value is -3.28. The van der Waals surface area contributed by atoms with Crippen molar-refractivity contribution in [2.45, 2.75) is 32.9 Å². The Bertz CT molecular complexity index is 967. The van der Waals surface area contributed by atoms with Crippen molar-refractivity contribution >= 4 is 5.91 Å². The Morgan fingerprint density at radius 1 is 1.10 bits per heavy atom. The molecule has 152 valence electrons. The molecule has 6 nitrogen and oxygen atoms in total. The van der Waals surface area contributed by atoms with Crippen molar-refractivity contribution in [2.24, 2.45) is 0 Å². The maximum atomic E-state index is 12.8. The molecule has 0 bridgehead atoms. The molecule has 1 atom stereocenters. The molecule has 0 radical (unpaired) electrons. The standard InChI is InChI=1S/C23H27N3O3/c1-5-13-26-21(19-12-11-18(28-3)14-22(19)29-4)15-20(25-26)23(27)24-16(2)17-9-7-6-8-10-17/h6-12,14-16H,5,13H2,1-4H3,(H,24,27)/t16-/m0/s1. The Morgan fingerprint density at radius 2 is 1.86 bits per heavy atom. The van der Waals surface area contributed by atoms with Crippen LogP contribution < -0.4 is 14.8 Å². The summed E-state index contributed by atoms with van der Waals surface area (Å²) in [5.41, 5.74) is 3.13. The number of nitrogens with one attached hydrogen (secondary N) is 1. The average molecular weight is 393 g/mol. The van der Waals surface area contributed by atoms with Crippen LogP contribution in [0.25, 0.3) is 11.3 Å². The fourth-order valence-electron chi connectivity index (χ4n) is 3.23. The number of carbonyl (C=O) groups is 1. The van der Waals surface area contributed by atoms with Crippen LogP contribution in [-0.2, 0) is 6.54 Å². The van der Waals surface area contributed by atoms with E-state index in [4.69, 9.17) is 9.47 Å². The minimum atomic E-state index is -0.204. The molecule has 0 saturated heterocycles. The molecule has 1 aromatic heterocycles. The molecule has 0 unspecified atom stereocenters. The molecular weight excluding hydrogens is 366 g/mol. The summed E-state index contributed by atoms with van der Waals surface area (Å²) >= 11 is 0. The van der Waals surface area contributed by atoms with Crippen molar-refractivity contribution in [2.75, 3.05) is 14.2 Å². The Kier molecular flexibility index (Phi) is 6.54. The number of methoxy groups -OCH3 is 2. The fourth-order valence-corrected chi connectivity index (χ4v) is 3.23. The second kappa shape index (κ2) is 9.28. The van der Waals surface area contributed by atoms with Crippen LogP contribution in [0.1, 0.15) is 42.4 Å². The number of aromatic nitrogens is 2. The van der Waals surface area contributed by atoms with Gasteiger partial charge in [-0.25, -0.2) is 0 Å². The smallest absolute Gasteiger partial charge is 0.272 e. The zero-order valence-corrected chi connectivity index (χ0v) is 17.3. The molecule has 1 amide bonds. The van der Waals surface area contributed by atoms with Gasteiger partial charge in [0, 0.05) is 18.2 Å². The van der Waals surface area contributed by atoms with Gasteiger partial charge < -0.3 is 14.8 Å². The van der Waals surface area contributed by atoms with Gasteiger partial charge in [-0.15, -0.1) is 0 Å². The third-order valence-corrected chi connectivity index (χ3v) is 4.78. The molecule has 0 aliphatic rings. The summed E-state index contributed by atoms with van der Waals surface area (Å²) in [4.78, 5) is 12.8. The van der Waals surface area contributed by atoms with Gasteiger partial charge in [-0.05, 0) is 37.1 Å². The van der Waals surface area contributed by atoms with Gasteiger partial charge in [0.1, 0.15) is 11.5 Å². The van der Waals surface area contributed by atoms with Gasteiger partial charge in [-0.3, -0.25) is 9.48 Å². The second-order valence-electron chi connectivity index (χ2n) is 6.81. The van der Waals surface area contributed by atoms with E-state index in [0.29, 0.717) is 23.7 Å². The minimum absolute atomic E-state index is 0.112. The number of amides is 1. The normalized spacial score (nSPS) is 11.7. The summed E-state index contributed by atoms with van der Waals surface area (Å²) in [5, 5.41) is 7.59. The van der Waals surface area contributed by atoms with E-state index in [0.717, 1.165) is 23.2 Å². The number of rotatable bonds is 8. The van der Waals surface area contributed by atoms with E-state index in [-0.39, 0.29) is 11.9 Å². The monoisotopic (exact) mass is 393 g/mol. The number of nitrogens with zero attached hydrogens (tertiary/aromatic N) is 2. The predicted octanol–water partition coefficient (Wildman–Crippen LogP) is 4.47. The fraction of sp³-hybridized carbons (Fsp3) is 0.304. The van der Waals surface area contributed by atoms with Crippen molar-refractivity contribution in [3.63, 3.8) is 0 Å². The summed E-state index contributed by atoms with van der Waals surface area (Å²) in [5.74, 6) is 1.18. The van der Waals surface area contributed by atoms with Crippen molar-refractivity contribution in [1.82, 2.24) is 15.1 Å². The minimum Gasteiger partial charge on any atom is -0.497 e. The van der Waals surface area contributed by atoms with Crippen LogP contribution in [0.2, 0.25) is 0 Å². The summed E-state index contributed by atoms with van der Waals surface area (Å²) in [6.07, 6.45) is 0.897. The molecule has 3 aromatic rings. The van der Waals surface area contributed by atoms with Gasteiger partial charge in [-0.2, -0.15) is 5.10 Å². The summed E-state index contributed by atoms with van der Waals surface area (Å²) in [6, 6.07) is 17.2. The lowest BCUT2D eigenvalue weighted by molar-refractivity contribution is 0.0934. The summed E-state index contributed by atoms with van der Waals surface area (Å²) < 4.78 is 12.7. The van der Waals surface area contributed by atoms with Crippen molar-refractivity contribution in [3.8, 4) is 22.8 Å². The largest absolute Gasteiger partial charge is 0.497 e. The zero-order chi connectivity index (χ0) is 20.8. The van der Waals surface area contributed by atoms with E-state index in [1.54, 1.807) is 14.2 Å². The molecule has 0 fully saturated rings. The highest BCUT2D eigenvalue weighted by molar-refractivity contribution is 5.94. The first kappa shape index (κ1) is 20.5. The van der Waals surface area contributed by atoms with Crippen LogP contribution in [0.4, 0.5) is 0 Å². The van der Waals surface area contributed by atoms with E-state index >= 15 is 0 Å². The molecule has 0 saturated carbocycles. The third-order valence-electron chi connectivity index (χ3n) is 4.78. The molecule has 6 heteroatoms. The van der Waals surface area contributed by atoms with E-state index < -0.39 is 0 Å². The number of ether oxygens (including phenoxy) is 2. The van der Waals surface area contributed by atoms with Crippen molar-refractivity contribution in [3.05, 3.63) is 65.9 Å². The van der Waals surface area contributed by atoms with Crippen LogP contribution >= 0.6 is 0 Å². The number of benzene rings is 2. The van der Waals surface area contributed by atoms with Gasteiger partial charge in [0.05, 0.1) is 26.0 Å². The maximum Gasteiger partial charge on any atom is 0.272 e. The van der Waals surface area contributed by atoms with Gasteiger partial charge >= 0.3 is 0 Å². The van der Waals surface area contributed by atoms with Gasteiger partial charge in [-0.1, -0.05) is 37.3 Å². The van der Waals surface area contributed by atoms with E-state index in [1.165, 1.54) is 0 Å². The van der Waals surface area contributed by atoms with Gasteiger partial charge in [0.25, 0.3) is 5.91 Å². The number of carbonyl (C=O) groups excluding carboxylic acids is 1. The second-order valence-corrected chi connectivity index (χ2v) is 6.81. The molecule has 3 rings (SSSR count). The van der Waals surface area contributed by atoms with E-state index in [1.807, 2.05) is 66.2 Å². The first-order chi connectivity index (χ1) is 14.1. The number of hydrogen-bond acceptors (Lipinski definition) is 4. The summed E-state index contributed by atoms with van der Waals surface area (Å²) in [7, 11) is 3.24. The van der Waals surface area contributed by atoms with Crippen LogP contribution in [-0.4, -0.2) is 29.9 Å². The van der Waals surface area contributed by atoms with Gasteiger partial charge in [0.2, 0.25) is 0 Å². The SMILES string of the molecule is CCCn1nc(C(=O)N[C@@H](C)c2ccccc2)cc1-c1ccc(OC)cc1OC. The highest BCUT2D eigenvalue weighted by Crippen LogP contribution is 2.34. The van der Waals surface area contributed by atoms with Crippen LogP contribution in [0, 0.1) is 0 Å². The highest BCUT2D eigenvalue weighted by Gasteiger charge is 2.20. The molecule has 0 aliphatic heterocycles. The van der Waals surface area contributed by atoms with Crippen LogP contribution in [0.3, 0.4) is 0 Å². The molecule has 29 heavy (non-hydrogen) atoms. The lowest BCUT2D eigenvalue weighted by Gasteiger charge is -2.13. The average Bonchev–Trinajstić information content (AvgIpc) is 3.18. The van der Waals surface area contributed by atoms with Crippen molar-refractivity contribution < 1.29 is 14.3 Å². The predicted molar refractivity (Wildman–Crippen MR) is 113 cm³/mol. The van der Waals surface area contributed by atoms with Crippen molar-refractivity contribution in [1.29, 1.82) is 0 Å². The van der Waals surface area contributed by atoms with Crippen LogP contribution in [0.5, 0.6) is 11.5 Å². The lowest BCUT2D eigenvalue weighted by atomic mass is 10.1. The molecule has 2 aromatic carbocycles. The molecule has 1 N–H and O–H groups in total. The van der Waals surface area contributed by atoms with E-state index in [9.17, 15) is 4.79 Å². The van der Waals surface area contributed by atoms with E-state index in [2.05, 4.69) is 17.3 Å². The molecular formula is C23H27N3O3. The molecule has 1 heterocycles. The first-order valence-corrected chi connectivity index (χ1v) is 9.73. The molecule has 0 spiro atoms. The highest BCUT2D eigenvalue weighted by atomic mass is 16.5. The summed E-state index contributed by atoms with van der Waals surface area (Å²) in [6.45, 7) is 4.74. The first-order valence-electron chi connectivity index (χ1n) is 9.73. The lowest BCUT2D eigenvalue weighted by Crippen LogP contribution is -2.27. The molecule has 0 aliphatic carbocycles. The van der Waals surface area contributed by atoms with Gasteiger partial charge in [0.15, 0.2) is 5.69 Å². The maximum absolute atomic E-state index is 12.8. The van der Waals surface area contributed by atoms with Crippen LogP contribution in [0.15, 0.2) is 54.6 Å². The number of hydrogen-bond donors (Lipinski definition) is 1. The Labute approximate surface area is 171 Å². The quantitative estimate of drug-likeness (QED) is 0.613. The third kappa shape index (κ3) is 4.59. The Balaban J connectivity index is 1.92.